The largest absolute Gasteiger partial charge is 0.320 e. The number of nitrogens with zero attached hydrogens (tertiary/aromatic N) is 1. The van der Waals surface area contributed by atoms with Crippen molar-refractivity contribution in [2.75, 3.05) is 11.4 Å². The molecule has 1 aromatic carbocycles. The summed E-state index contributed by atoms with van der Waals surface area (Å²) >= 11 is 5.90. The monoisotopic (exact) mass is 224 g/mol. The van der Waals surface area contributed by atoms with Crippen molar-refractivity contribution in [2.45, 2.75) is 19.4 Å². The molecule has 0 unspecified atom stereocenters. The quantitative estimate of drug-likeness (QED) is 0.787. The van der Waals surface area contributed by atoms with Gasteiger partial charge in [-0.2, -0.15) is 0 Å². The van der Waals surface area contributed by atoms with Gasteiger partial charge in [0.15, 0.2) is 0 Å². The first-order valence-corrected chi connectivity index (χ1v) is 5.33. The van der Waals surface area contributed by atoms with E-state index in [2.05, 4.69) is 0 Å². The summed E-state index contributed by atoms with van der Waals surface area (Å²) in [4.78, 5) is 13.5. The molecule has 0 aliphatic carbocycles. The Labute approximate surface area is 93.8 Å². The number of fused-ring (bicyclic) bond motifs is 1. The Kier molecular flexibility index (Phi) is 2.67. The van der Waals surface area contributed by atoms with E-state index >= 15 is 0 Å². The first-order chi connectivity index (χ1) is 7.09. The molecule has 0 radical (unpaired) electrons. The SMILES string of the molecule is C[C@H](N)C(=O)N1CCc2ccc(Cl)cc21. The highest BCUT2D eigenvalue weighted by Gasteiger charge is 2.26. The van der Waals surface area contributed by atoms with E-state index in [4.69, 9.17) is 17.3 Å². The standard InChI is InChI=1S/C11H13ClN2O/c1-7(13)11(15)14-5-4-8-2-3-9(12)6-10(8)14/h2-3,6-7H,4-5,13H2,1H3/t7-/m0/s1. The minimum Gasteiger partial charge on any atom is -0.320 e. The van der Waals surface area contributed by atoms with Crippen molar-refractivity contribution in [1.82, 2.24) is 0 Å². The molecule has 1 amide bonds. The number of carbonyl (C=O) groups excluding carboxylic acids is 1. The molecule has 1 heterocycles. The molecular weight excluding hydrogens is 212 g/mol. The Bertz CT molecular complexity index is 404. The second kappa shape index (κ2) is 3.83. The molecule has 4 heteroatoms. The van der Waals surface area contributed by atoms with Gasteiger partial charge in [0.1, 0.15) is 0 Å². The highest BCUT2D eigenvalue weighted by atomic mass is 35.5. The van der Waals surface area contributed by atoms with Gasteiger partial charge < -0.3 is 10.6 Å². The number of nitrogens with two attached hydrogens (primary N) is 1. The minimum absolute atomic E-state index is 0.0454. The average molecular weight is 225 g/mol. The predicted octanol–water partition coefficient (Wildman–Crippen LogP) is 1.58. The fourth-order valence-electron chi connectivity index (χ4n) is 1.83. The Hall–Kier alpha value is -1.06. The third-order valence-corrected chi connectivity index (χ3v) is 2.83. The van der Waals surface area contributed by atoms with Crippen LogP contribution < -0.4 is 10.6 Å². The smallest absolute Gasteiger partial charge is 0.243 e. The zero-order chi connectivity index (χ0) is 11.0. The molecule has 1 aliphatic rings. The summed E-state index contributed by atoms with van der Waals surface area (Å²) in [6, 6.07) is 5.17. The van der Waals surface area contributed by atoms with E-state index < -0.39 is 6.04 Å². The van der Waals surface area contributed by atoms with Crippen LogP contribution in [0.1, 0.15) is 12.5 Å². The Morgan fingerprint density at radius 3 is 3.00 bits per heavy atom. The number of halogens is 1. The molecule has 2 rings (SSSR count). The van der Waals surface area contributed by atoms with Crippen molar-refractivity contribution in [3.8, 4) is 0 Å². The summed E-state index contributed by atoms with van der Waals surface area (Å²) < 4.78 is 0. The van der Waals surface area contributed by atoms with Gasteiger partial charge in [-0.15, -0.1) is 0 Å². The number of anilines is 1. The lowest BCUT2D eigenvalue weighted by Crippen LogP contribution is -2.41. The summed E-state index contributed by atoms with van der Waals surface area (Å²) in [5, 5.41) is 0.651. The first-order valence-electron chi connectivity index (χ1n) is 4.95. The van der Waals surface area contributed by atoms with E-state index in [9.17, 15) is 4.79 Å². The van der Waals surface area contributed by atoms with Gasteiger partial charge in [-0.05, 0) is 31.0 Å². The summed E-state index contributed by atoms with van der Waals surface area (Å²) in [6.45, 7) is 2.40. The molecule has 1 aliphatic heterocycles. The Morgan fingerprint density at radius 2 is 2.33 bits per heavy atom. The normalized spacial score (nSPS) is 16.3. The van der Waals surface area contributed by atoms with E-state index in [-0.39, 0.29) is 5.91 Å². The van der Waals surface area contributed by atoms with Crippen molar-refractivity contribution in [1.29, 1.82) is 0 Å². The number of hydrogen-bond acceptors (Lipinski definition) is 2. The van der Waals surface area contributed by atoms with Crippen LogP contribution >= 0.6 is 11.6 Å². The van der Waals surface area contributed by atoms with E-state index in [1.165, 1.54) is 0 Å². The lowest BCUT2D eigenvalue weighted by molar-refractivity contribution is -0.119. The zero-order valence-electron chi connectivity index (χ0n) is 8.53. The summed E-state index contributed by atoms with van der Waals surface area (Å²) in [6.07, 6.45) is 0.880. The number of hydrogen-bond donors (Lipinski definition) is 1. The number of carbonyl (C=O) groups is 1. The van der Waals surface area contributed by atoms with E-state index in [1.54, 1.807) is 11.8 Å². The lowest BCUT2D eigenvalue weighted by Gasteiger charge is -2.19. The van der Waals surface area contributed by atoms with Crippen molar-refractivity contribution >= 4 is 23.2 Å². The molecule has 2 N–H and O–H groups in total. The maximum atomic E-state index is 11.8. The molecule has 0 fully saturated rings. The zero-order valence-corrected chi connectivity index (χ0v) is 9.29. The van der Waals surface area contributed by atoms with Crippen molar-refractivity contribution in [2.24, 2.45) is 5.73 Å². The molecule has 0 bridgehead atoms. The number of benzene rings is 1. The third kappa shape index (κ3) is 1.85. The molecule has 15 heavy (non-hydrogen) atoms. The molecule has 0 spiro atoms. The van der Waals surface area contributed by atoms with Gasteiger partial charge in [0, 0.05) is 17.3 Å². The Balaban J connectivity index is 2.35. The van der Waals surface area contributed by atoms with Crippen LogP contribution in [0.2, 0.25) is 5.02 Å². The lowest BCUT2D eigenvalue weighted by atomic mass is 10.2. The van der Waals surface area contributed by atoms with Gasteiger partial charge in [0.05, 0.1) is 6.04 Å². The number of rotatable bonds is 1. The molecule has 0 saturated heterocycles. The van der Waals surface area contributed by atoms with Gasteiger partial charge >= 0.3 is 0 Å². The molecule has 80 valence electrons. The fraction of sp³-hybridized carbons (Fsp3) is 0.364. The van der Waals surface area contributed by atoms with Gasteiger partial charge in [-0.25, -0.2) is 0 Å². The van der Waals surface area contributed by atoms with Crippen molar-refractivity contribution in [3.05, 3.63) is 28.8 Å². The van der Waals surface area contributed by atoms with Crippen LogP contribution in [0.4, 0.5) is 5.69 Å². The molecule has 1 aromatic rings. The van der Waals surface area contributed by atoms with Gasteiger partial charge in [0.2, 0.25) is 5.91 Å². The van der Waals surface area contributed by atoms with E-state index in [1.807, 2.05) is 18.2 Å². The molecule has 1 atom stereocenters. The van der Waals surface area contributed by atoms with Crippen molar-refractivity contribution < 1.29 is 4.79 Å². The fourth-order valence-corrected chi connectivity index (χ4v) is 1.99. The van der Waals surface area contributed by atoms with Crippen LogP contribution in [-0.4, -0.2) is 18.5 Å². The third-order valence-electron chi connectivity index (χ3n) is 2.60. The van der Waals surface area contributed by atoms with Gasteiger partial charge in [-0.1, -0.05) is 17.7 Å². The van der Waals surface area contributed by atoms with Crippen LogP contribution in [0.25, 0.3) is 0 Å². The maximum absolute atomic E-state index is 11.8. The van der Waals surface area contributed by atoms with Crippen LogP contribution in [0, 0.1) is 0 Å². The van der Waals surface area contributed by atoms with Gasteiger partial charge in [0.25, 0.3) is 0 Å². The van der Waals surface area contributed by atoms with Crippen LogP contribution in [-0.2, 0) is 11.2 Å². The minimum atomic E-state index is -0.463. The molecule has 0 saturated carbocycles. The summed E-state index contributed by atoms with van der Waals surface area (Å²) in [5.41, 5.74) is 7.65. The second-order valence-corrected chi connectivity index (χ2v) is 4.24. The van der Waals surface area contributed by atoms with Crippen molar-refractivity contribution in [3.63, 3.8) is 0 Å². The van der Waals surface area contributed by atoms with Crippen LogP contribution in [0.3, 0.4) is 0 Å². The second-order valence-electron chi connectivity index (χ2n) is 3.80. The summed E-state index contributed by atoms with van der Waals surface area (Å²) in [5.74, 6) is -0.0454. The highest BCUT2D eigenvalue weighted by Crippen LogP contribution is 2.30. The summed E-state index contributed by atoms with van der Waals surface area (Å²) in [7, 11) is 0. The molecule has 3 nitrogen and oxygen atoms in total. The first kappa shape index (κ1) is 10.5. The Morgan fingerprint density at radius 1 is 1.60 bits per heavy atom. The molecule has 0 aromatic heterocycles. The number of amides is 1. The molecular formula is C11H13ClN2O. The van der Waals surface area contributed by atoms with E-state index in [0.717, 1.165) is 17.7 Å². The van der Waals surface area contributed by atoms with Gasteiger partial charge in [-0.3, -0.25) is 4.79 Å². The predicted molar refractivity (Wildman–Crippen MR) is 61.2 cm³/mol. The average Bonchev–Trinajstić information content (AvgIpc) is 2.59. The van der Waals surface area contributed by atoms with Crippen LogP contribution in [0.15, 0.2) is 18.2 Å². The highest BCUT2D eigenvalue weighted by molar-refractivity contribution is 6.31. The van der Waals surface area contributed by atoms with E-state index in [0.29, 0.717) is 11.6 Å². The van der Waals surface area contributed by atoms with Crippen LogP contribution in [0.5, 0.6) is 0 Å². The maximum Gasteiger partial charge on any atom is 0.243 e. The topological polar surface area (TPSA) is 46.3 Å².